The number of H-pyrrole nitrogens is 1. The van der Waals surface area contributed by atoms with Crippen LogP contribution in [-0.2, 0) is 12.8 Å². The molecule has 0 bridgehead atoms. The number of aromatic nitrogens is 2. The molecule has 0 unspecified atom stereocenters. The van der Waals surface area contributed by atoms with E-state index in [1.54, 1.807) is 0 Å². The average Bonchev–Trinajstić information content (AvgIpc) is 3.43. The lowest BCUT2D eigenvalue weighted by molar-refractivity contribution is 0.0731. The Kier molecular flexibility index (Phi) is 4.26. The maximum atomic E-state index is 13.4. The SMILES string of the molecule is CC(C)c1cc([C@H]2CCCN2C(=O)c2ccc3[nH]c4c(c3c2)CCCC4)no1. The zero-order valence-electron chi connectivity index (χ0n) is 16.6. The lowest BCUT2D eigenvalue weighted by Crippen LogP contribution is -2.30. The molecule has 28 heavy (non-hydrogen) atoms. The van der Waals surface area contributed by atoms with Crippen LogP contribution in [0.15, 0.2) is 28.8 Å². The van der Waals surface area contributed by atoms with E-state index in [0.717, 1.165) is 54.8 Å². The first-order valence-corrected chi connectivity index (χ1v) is 10.5. The van der Waals surface area contributed by atoms with E-state index in [9.17, 15) is 4.79 Å². The molecule has 3 aromatic rings. The third-order valence-corrected chi connectivity index (χ3v) is 6.32. The lowest BCUT2D eigenvalue weighted by atomic mass is 9.95. The lowest BCUT2D eigenvalue weighted by Gasteiger charge is -2.23. The predicted octanol–water partition coefficient (Wildman–Crippen LogP) is 5.14. The van der Waals surface area contributed by atoms with Crippen molar-refractivity contribution >= 4 is 16.8 Å². The number of aryl methyl sites for hydroxylation is 2. The summed E-state index contributed by atoms with van der Waals surface area (Å²) in [4.78, 5) is 18.9. The van der Waals surface area contributed by atoms with Crippen molar-refractivity contribution in [1.82, 2.24) is 15.0 Å². The molecule has 1 saturated heterocycles. The Labute approximate surface area is 165 Å². The van der Waals surface area contributed by atoms with Crippen LogP contribution in [0.3, 0.4) is 0 Å². The quantitative estimate of drug-likeness (QED) is 0.688. The second-order valence-corrected chi connectivity index (χ2v) is 8.51. The van der Waals surface area contributed by atoms with Gasteiger partial charge >= 0.3 is 0 Å². The van der Waals surface area contributed by atoms with E-state index in [0.29, 0.717) is 5.92 Å². The van der Waals surface area contributed by atoms with Crippen molar-refractivity contribution in [2.45, 2.75) is 64.3 Å². The van der Waals surface area contributed by atoms with E-state index in [2.05, 4.69) is 36.1 Å². The Morgan fingerprint density at radius 2 is 2.07 bits per heavy atom. The number of benzene rings is 1. The molecule has 1 aliphatic carbocycles. The Hall–Kier alpha value is -2.56. The molecule has 5 heteroatoms. The molecule has 146 valence electrons. The van der Waals surface area contributed by atoms with Crippen molar-refractivity contribution in [3.05, 3.63) is 52.5 Å². The molecule has 3 heterocycles. The minimum atomic E-state index is 0.0135. The molecule has 5 rings (SSSR count). The van der Waals surface area contributed by atoms with E-state index in [1.807, 2.05) is 17.0 Å². The van der Waals surface area contributed by atoms with E-state index < -0.39 is 0 Å². The van der Waals surface area contributed by atoms with Crippen molar-refractivity contribution in [3.8, 4) is 0 Å². The third kappa shape index (κ3) is 2.84. The standard InChI is InChI=1S/C23H27N3O2/c1-14(2)22-13-20(25-28-22)21-8-5-11-26(21)23(27)15-9-10-19-17(12-15)16-6-3-4-7-18(16)24-19/h9-10,12-14,21,24H,3-8,11H2,1-2H3/t21-/m1/s1. The van der Waals surface area contributed by atoms with Crippen LogP contribution in [0.4, 0.5) is 0 Å². The second kappa shape index (κ2) is 6.80. The fraction of sp³-hybridized carbons (Fsp3) is 0.478. The van der Waals surface area contributed by atoms with Crippen LogP contribution in [0, 0.1) is 0 Å². The summed E-state index contributed by atoms with van der Waals surface area (Å²) in [7, 11) is 0. The number of amides is 1. The van der Waals surface area contributed by atoms with E-state index in [1.165, 1.54) is 29.5 Å². The first kappa shape index (κ1) is 17.5. The van der Waals surface area contributed by atoms with Gasteiger partial charge in [0.15, 0.2) is 0 Å². The molecular weight excluding hydrogens is 350 g/mol. The molecule has 1 atom stereocenters. The highest BCUT2D eigenvalue weighted by molar-refractivity contribution is 5.99. The van der Waals surface area contributed by atoms with Gasteiger partial charge in [-0.05, 0) is 62.3 Å². The molecule has 2 aromatic heterocycles. The maximum absolute atomic E-state index is 13.4. The van der Waals surface area contributed by atoms with Gasteiger partial charge in [0.25, 0.3) is 5.91 Å². The number of carbonyl (C=O) groups is 1. The second-order valence-electron chi connectivity index (χ2n) is 8.51. The molecule has 0 saturated carbocycles. The van der Waals surface area contributed by atoms with Gasteiger partial charge in [-0.15, -0.1) is 0 Å². The Morgan fingerprint density at radius 1 is 1.21 bits per heavy atom. The van der Waals surface area contributed by atoms with Crippen LogP contribution in [-0.4, -0.2) is 27.5 Å². The summed E-state index contributed by atoms with van der Waals surface area (Å²) in [5.41, 5.74) is 5.58. The first-order valence-electron chi connectivity index (χ1n) is 10.5. The topological polar surface area (TPSA) is 62.1 Å². The first-order chi connectivity index (χ1) is 13.6. The van der Waals surface area contributed by atoms with Gasteiger partial charge in [-0.2, -0.15) is 0 Å². The average molecular weight is 377 g/mol. The number of hydrogen-bond donors (Lipinski definition) is 1. The highest BCUT2D eigenvalue weighted by Crippen LogP contribution is 2.35. The van der Waals surface area contributed by atoms with Gasteiger partial charge in [-0.3, -0.25) is 4.79 Å². The molecule has 1 aliphatic heterocycles. The summed E-state index contributed by atoms with van der Waals surface area (Å²) in [6.45, 7) is 4.96. The summed E-state index contributed by atoms with van der Waals surface area (Å²) in [5, 5.41) is 5.49. The van der Waals surface area contributed by atoms with Crippen molar-refractivity contribution in [2.24, 2.45) is 0 Å². The number of hydrogen-bond acceptors (Lipinski definition) is 3. The fourth-order valence-corrected chi connectivity index (χ4v) is 4.76. The van der Waals surface area contributed by atoms with Crippen LogP contribution >= 0.6 is 0 Å². The van der Waals surface area contributed by atoms with E-state index >= 15 is 0 Å². The van der Waals surface area contributed by atoms with Gasteiger partial charge in [0, 0.05) is 40.7 Å². The van der Waals surface area contributed by atoms with Gasteiger partial charge in [0.05, 0.1) is 6.04 Å². The van der Waals surface area contributed by atoms with Gasteiger partial charge in [0.2, 0.25) is 0 Å². The summed E-state index contributed by atoms with van der Waals surface area (Å²) >= 11 is 0. The number of nitrogens with zero attached hydrogens (tertiary/aromatic N) is 2. The number of carbonyl (C=O) groups excluding carboxylic acids is 1. The zero-order valence-corrected chi connectivity index (χ0v) is 16.6. The van der Waals surface area contributed by atoms with Gasteiger partial charge in [-0.1, -0.05) is 19.0 Å². The summed E-state index contributed by atoms with van der Waals surface area (Å²) in [5.74, 6) is 1.29. The van der Waals surface area contributed by atoms with Gasteiger partial charge in [0.1, 0.15) is 11.5 Å². The summed E-state index contributed by atoms with van der Waals surface area (Å²) in [6.07, 6.45) is 6.65. The summed E-state index contributed by atoms with van der Waals surface area (Å²) < 4.78 is 5.49. The monoisotopic (exact) mass is 377 g/mol. The molecule has 1 aromatic carbocycles. The minimum absolute atomic E-state index is 0.0135. The molecule has 0 radical (unpaired) electrons. The van der Waals surface area contributed by atoms with E-state index in [4.69, 9.17) is 4.52 Å². The Morgan fingerprint density at radius 3 is 2.89 bits per heavy atom. The predicted molar refractivity (Wildman–Crippen MR) is 109 cm³/mol. The number of rotatable bonds is 3. The molecule has 1 N–H and O–H groups in total. The molecule has 5 nitrogen and oxygen atoms in total. The third-order valence-electron chi connectivity index (χ3n) is 6.32. The van der Waals surface area contributed by atoms with E-state index in [-0.39, 0.29) is 11.9 Å². The smallest absolute Gasteiger partial charge is 0.254 e. The number of aromatic amines is 1. The highest BCUT2D eigenvalue weighted by atomic mass is 16.5. The van der Waals surface area contributed by atoms with Crippen molar-refractivity contribution < 1.29 is 9.32 Å². The Balaban J connectivity index is 1.46. The number of likely N-dealkylation sites (tertiary alicyclic amines) is 1. The van der Waals surface area contributed by atoms with Gasteiger partial charge in [-0.25, -0.2) is 0 Å². The largest absolute Gasteiger partial charge is 0.361 e. The molecule has 1 fully saturated rings. The Bertz CT molecular complexity index is 1030. The molecule has 0 spiro atoms. The van der Waals surface area contributed by atoms with Crippen LogP contribution in [0.2, 0.25) is 0 Å². The fourth-order valence-electron chi connectivity index (χ4n) is 4.76. The number of fused-ring (bicyclic) bond motifs is 3. The van der Waals surface area contributed by atoms with Crippen LogP contribution in [0.1, 0.15) is 84.6 Å². The number of nitrogens with one attached hydrogen (secondary N) is 1. The van der Waals surface area contributed by atoms with Crippen molar-refractivity contribution in [3.63, 3.8) is 0 Å². The van der Waals surface area contributed by atoms with Crippen LogP contribution in [0.5, 0.6) is 0 Å². The van der Waals surface area contributed by atoms with Crippen molar-refractivity contribution in [1.29, 1.82) is 0 Å². The zero-order chi connectivity index (χ0) is 19.3. The van der Waals surface area contributed by atoms with Crippen molar-refractivity contribution in [2.75, 3.05) is 6.54 Å². The highest BCUT2D eigenvalue weighted by Gasteiger charge is 2.33. The molecule has 2 aliphatic rings. The summed E-state index contributed by atoms with van der Waals surface area (Å²) in [6, 6.07) is 8.16. The normalized spacial score (nSPS) is 19.5. The molecular formula is C23H27N3O2. The van der Waals surface area contributed by atoms with Crippen LogP contribution < -0.4 is 0 Å². The maximum Gasteiger partial charge on any atom is 0.254 e. The molecule has 1 amide bonds. The minimum Gasteiger partial charge on any atom is -0.361 e. The van der Waals surface area contributed by atoms with Crippen LogP contribution in [0.25, 0.3) is 10.9 Å². The van der Waals surface area contributed by atoms with Gasteiger partial charge < -0.3 is 14.4 Å².